The summed E-state index contributed by atoms with van der Waals surface area (Å²) in [6.07, 6.45) is 3.15. The third-order valence-corrected chi connectivity index (χ3v) is 3.37. The van der Waals surface area contributed by atoms with Crippen LogP contribution in [0.15, 0.2) is 0 Å². The summed E-state index contributed by atoms with van der Waals surface area (Å²) in [6, 6.07) is 0. The van der Waals surface area contributed by atoms with Gasteiger partial charge in [0.1, 0.15) is 0 Å². The van der Waals surface area contributed by atoms with Crippen LogP contribution in [0.25, 0.3) is 0 Å². The Kier molecular flexibility index (Phi) is 5.83. The van der Waals surface area contributed by atoms with Gasteiger partial charge in [-0.3, -0.25) is 0 Å². The molecular formula is C11H20N2OS. The van der Waals surface area contributed by atoms with Crippen LogP contribution in [0.4, 0.5) is 0 Å². The van der Waals surface area contributed by atoms with E-state index in [0.717, 1.165) is 43.1 Å². The predicted molar refractivity (Wildman–Crippen MR) is 64.2 cm³/mol. The van der Waals surface area contributed by atoms with E-state index in [2.05, 4.69) is 17.2 Å². The molecule has 0 fully saturated rings. The number of unbranched alkanes of at least 4 members (excludes halogenated alkanes) is 2. The molecule has 3 nitrogen and oxygen atoms in total. The maximum absolute atomic E-state index is 8.61. The Hall–Kier alpha value is -0.450. The highest BCUT2D eigenvalue weighted by Crippen LogP contribution is 2.16. The van der Waals surface area contributed by atoms with Gasteiger partial charge < -0.3 is 10.4 Å². The number of rotatable bonds is 7. The lowest BCUT2D eigenvalue weighted by atomic mass is 10.2. The molecule has 0 aromatic carbocycles. The van der Waals surface area contributed by atoms with Gasteiger partial charge in [0.05, 0.1) is 10.7 Å². The zero-order valence-corrected chi connectivity index (χ0v) is 10.4. The van der Waals surface area contributed by atoms with Crippen molar-refractivity contribution in [1.82, 2.24) is 10.3 Å². The molecule has 0 radical (unpaired) electrons. The molecule has 0 aliphatic carbocycles. The van der Waals surface area contributed by atoms with Gasteiger partial charge in [0.25, 0.3) is 0 Å². The summed E-state index contributed by atoms with van der Waals surface area (Å²) in [6.45, 7) is 6.37. The molecule has 1 aromatic rings. The number of nitrogens with one attached hydrogen (secondary N) is 1. The summed E-state index contributed by atoms with van der Waals surface area (Å²) in [7, 11) is 0. The van der Waals surface area contributed by atoms with Crippen molar-refractivity contribution < 1.29 is 5.11 Å². The molecule has 0 unspecified atom stereocenters. The molecule has 0 saturated carbocycles. The highest BCUT2D eigenvalue weighted by molar-refractivity contribution is 7.11. The van der Waals surface area contributed by atoms with Crippen LogP contribution >= 0.6 is 11.3 Å². The summed E-state index contributed by atoms with van der Waals surface area (Å²) >= 11 is 1.77. The van der Waals surface area contributed by atoms with Gasteiger partial charge in [-0.1, -0.05) is 0 Å². The fourth-order valence-corrected chi connectivity index (χ4v) is 2.38. The second-order valence-electron chi connectivity index (χ2n) is 3.70. The van der Waals surface area contributed by atoms with Crippen LogP contribution in [0, 0.1) is 13.8 Å². The van der Waals surface area contributed by atoms with E-state index in [1.807, 2.05) is 6.92 Å². The molecule has 0 saturated heterocycles. The van der Waals surface area contributed by atoms with E-state index in [9.17, 15) is 0 Å². The highest BCUT2D eigenvalue weighted by atomic mass is 32.1. The zero-order valence-electron chi connectivity index (χ0n) is 9.55. The van der Waals surface area contributed by atoms with Crippen LogP contribution < -0.4 is 5.32 Å². The Labute approximate surface area is 95.6 Å². The first-order valence-electron chi connectivity index (χ1n) is 5.48. The first-order valence-corrected chi connectivity index (χ1v) is 6.30. The first-order chi connectivity index (χ1) is 7.24. The molecule has 86 valence electrons. The van der Waals surface area contributed by atoms with E-state index in [4.69, 9.17) is 5.11 Å². The first kappa shape index (κ1) is 12.6. The number of hydrogen-bond donors (Lipinski definition) is 2. The van der Waals surface area contributed by atoms with Crippen molar-refractivity contribution in [3.05, 3.63) is 15.6 Å². The lowest BCUT2D eigenvalue weighted by Crippen LogP contribution is -2.14. The van der Waals surface area contributed by atoms with Gasteiger partial charge in [0, 0.05) is 18.0 Å². The zero-order chi connectivity index (χ0) is 11.1. The third-order valence-electron chi connectivity index (χ3n) is 2.30. The topological polar surface area (TPSA) is 45.2 Å². The average molecular weight is 228 g/mol. The molecule has 2 N–H and O–H groups in total. The van der Waals surface area contributed by atoms with E-state index in [1.165, 1.54) is 4.88 Å². The number of aliphatic hydroxyl groups is 1. The minimum Gasteiger partial charge on any atom is -0.396 e. The number of aromatic nitrogens is 1. The van der Waals surface area contributed by atoms with Gasteiger partial charge in [-0.25, -0.2) is 4.98 Å². The molecule has 0 bridgehead atoms. The summed E-state index contributed by atoms with van der Waals surface area (Å²) in [5.74, 6) is 0. The summed E-state index contributed by atoms with van der Waals surface area (Å²) in [4.78, 5) is 5.73. The van der Waals surface area contributed by atoms with Gasteiger partial charge in [0.2, 0.25) is 0 Å². The standard InChI is InChI=1S/C11H20N2OS/c1-9-11(15-10(2)13-9)8-12-6-4-3-5-7-14/h12,14H,3-8H2,1-2H3. The summed E-state index contributed by atoms with van der Waals surface area (Å²) < 4.78 is 0. The van der Waals surface area contributed by atoms with Crippen molar-refractivity contribution in [3.63, 3.8) is 0 Å². The van der Waals surface area contributed by atoms with Crippen LogP contribution in [-0.4, -0.2) is 23.2 Å². The van der Waals surface area contributed by atoms with Crippen LogP contribution in [0.1, 0.15) is 34.8 Å². The number of nitrogens with zero attached hydrogens (tertiary/aromatic N) is 1. The molecule has 0 atom stereocenters. The van der Waals surface area contributed by atoms with Crippen molar-refractivity contribution in [2.24, 2.45) is 0 Å². The molecule has 0 spiro atoms. The number of aryl methyl sites for hydroxylation is 2. The molecule has 15 heavy (non-hydrogen) atoms. The van der Waals surface area contributed by atoms with E-state index in [0.29, 0.717) is 6.61 Å². The lowest BCUT2D eigenvalue weighted by Gasteiger charge is -2.02. The normalized spacial score (nSPS) is 10.9. The van der Waals surface area contributed by atoms with Crippen molar-refractivity contribution in [2.75, 3.05) is 13.2 Å². The maximum Gasteiger partial charge on any atom is 0.0900 e. The SMILES string of the molecule is Cc1nc(C)c(CNCCCCCO)s1. The average Bonchev–Trinajstić information content (AvgIpc) is 2.51. The monoisotopic (exact) mass is 228 g/mol. The van der Waals surface area contributed by atoms with Crippen LogP contribution in [0.2, 0.25) is 0 Å². The van der Waals surface area contributed by atoms with Crippen LogP contribution in [0.5, 0.6) is 0 Å². The Morgan fingerprint density at radius 1 is 1.27 bits per heavy atom. The Balaban J connectivity index is 2.12. The fourth-order valence-electron chi connectivity index (χ4n) is 1.48. The van der Waals surface area contributed by atoms with E-state index < -0.39 is 0 Å². The molecule has 1 heterocycles. The number of aliphatic hydroxyl groups excluding tert-OH is 1. The minimum absolute atomic E-state index is 0.313. The molecule has 1 aromatic heterocycles. The number of hydrogen-bond acceptors (Lipinski definition) is 4. The van der Waals surface area contributed by atoms with Gasteiger partial charge >= 0.3 is 0 Å². The molecule has 1 rings (SSSR count). The van der Waals surface area contributed by atoms with Crippen molar-refractivity contribution in [3.8, 4) is 0 Å². The van der Waals surface area contributed by atoms with E-state index in [-0.39, 0.29) is 0 Å². The smallest absolute Gasteiger partial charge is 0.0900 e. The Morgan fingerprint density at radius 3 is 2.67 bits per heavy atom. The quantitative estimate of drug-likeness (QED) is 0.702. The van der Waals surface area contributed by atoms with E-state index in [1.54, 1.807) is 11.3 Å². The van der Waals surface area contributed by atoms with Crippen LogP contribution in [0.3, 0.4) is 0 Å². The number of thiazole rings is 1. The fraction of sp³-hybridized carbons (Fsp3) is 0.727. The molecule has 0 aliphatic rings. The Bertz CT molecular complexity index is 286. The van der Waals surface area contributed by atoms with Crippen LogP contribution in [-0.2, 0) is 6.54 Å². The maximum atomic E-state index is 8.61. The van der Waals surface area contributed by atoms with Crippen molar-refractivity contribution in [2.45, 2.75) is 39.7 Å². The van der Waals surface area contributed by atoms with Gasteiger partial charge in [-0.15, -0.1) is 11.3 Å². The minimum atomic E-state index is 0.313. The van der Waals surface area contributed by atoms with E-state index >= 15 is 0 Å². The second-order valence-corrected chi connectivity index (χ2v) is 4.99. The summed E-state index contributed by atoms with van der Waals surface area (Å²) in [5.41, 5.74) is 1.15. The predicted octanol–water partition coefficient (Wildman–Crippen LogP) is 2.01. The second kappa shape index (κ2) is 6.93. The largest absolute Gasteiger partial charge is 0.396 e. The van der Waals surface area contributed by atoms with Crippen molar-refractivity contribution >= 4 is 11.3 Å². The molecular weight excluding hydrogens is 208 g/mol. The lowest BCUT2D eigenvalue weighted by molar-refractivity contribution is 0.283. The molecule has 0 aliphatic heterocycles. The third kappa shape index (κ3) is 4.73. The summed E-state index contributed by atoms with van der Waals surface area (Å²) in [5, 5.41) is 13.2. The van der Waals surface area contributed by atoms with Gasteiger partial charge in [-0.05, 0) is 39.7 Å². The van der Waals surface area contributed by atoms with Crippen molar-refractivity contribution in [1.29, 1.82) is 0 Å². The Morgan fingerprint density at radius 2 is 2.07 bits per heavy atom. The molecule has 0 amide bonds. The molecule has 4 heteroatoms. The highest BCUT2D eigenvalue weighted by Gasteiger charge is 2.03. The van der Waals surface area contributed by atoms with Gasteiger partial charge in [-0.2, -0.15) is 0 Å². The van der Waals surface area contributed by atoms with Gasteiger partial charge in [0.15, 0.2) is 0 Å².